The quantitative estimate of drug-likeness (QED) is 0.723. The number of aryl methyl sites for hydroxylation is 4. The third-order valence-electron chi connectivity index (χ3n) is 3.62. The van der Waals surface area contributed by atoms with Gasteiger partial charge in [-0.1, -0.05) is 30.3 Å². The summed E-state index contributed by atoms with van der Waals surface area (Å²) in [6.45, 7) is 1.18. The molecule has 2 aromatic heterocycles. The van der Waals surface area contributed by atoms with Gasteiger partial charge in [0.1, 0.15) is 12.2 Å². The summed E-state index contributed by atoms with van der Waals surface area (Å²) in [5, 5.41) is 4.24. The number of nitrogens with zero attached hydrogens (tertiary/aromatic N) is 4. The van der Waals surface area contributed by atoms with E-state index in [1.807, 2.05) is 22.9 Å². The van der Waals surface area contributed by atoms with E-state index in [2.05, 4.69) is 27.2 Å². The average molecular weight is 311 g/mol. The zero-order chi connectivity index (χ0) is 16.1. The van der Waals surface area contributed by atoms with Crippen LogP contribution >= 0.6 is 0 Å². The van der Waals surface area contributed by atoms with Gasteiger partial charge in [-0.15, -0.1) is 0 Å². The third-order valence-corrected chi connectivity index (χ3v) is 3.62. The predicted octanol–water partition coefficient (Wildman–Crippen LogP) is 0.613. The van der Waals surface area contributed by atoms with Crippen molar-refractivity contribution in [2.24, 2.45) is 0 Å². The highest BCUT2D eigenvalue weighted by molar-refractivity contribution is 5.14. The molecule has 0 bridgehead atoms. The largest absolute Gasteiger partial charge is 0.328 e. The van der Waals surface area contributed by atoms with Gasteiger partial charge < -0.3 is 4.57 Å². The number of nitrogens with one attached hydrogen (secondary N) is 1. The number of H-pyrrole nitrogens is 1. The van der Waals surface area contributed by atoms with E-state index in [0.29, 0.717) is 13.0 Å². The Balaban J connectivity index is 1.64. The molecule has 3 rings (SSSR count). The van der Waals surface area contributed by atoms with Crippen molar-refractivity contribution in [3.8, 4) is 0 Å². The van der Waals surface area contributed by atoms with Crippen molar-refractivity contribution in [2.45, 2.75) is 25.9 Å². The lowest BCUT2D eigenvalue weighted by Gasteiger charge is -2.07. The van der Waals surface area contributed by atoms with Crippen molar-refractivity contribution in [1.82, 2.24) is 24.3 Å². The van der Waals surface area contributed by atoms with Gasteiger partial charge in [-0.3, -0.25) is 9.78 Å². The molecule has 3 aromatic rings. The van der Waals surface area contributed by atoms with Crippen LogP contribution in [-0.4, -0.2) is 24.3 Å². The first-order chi connectivity index (χ1) is 11.2. The maximum Gasteiger partial charge on any atom is 0.328 e. The summed E-state index contributed by atoms with van der Waals surface area (Å²) < 4.78 is 3.31. The zero-order valence-corrected chi connectivity index (χ0v) is 12.6. The fourth-order valence-electron chi connectivity index (χ4n) is 2.39. The van der Waals surface area contributed by atoms with Crippen molar-refractivity contribution >= 4 is 0 Å². The van der Waals surface area contributed by atoms with Crippen LogP contribution in [0.4, 0.5) is 0 Å². The molecule has 118 valence electrons. The molecule has 0 radical (unpaired) electrons. The minimum atomic E-state index is -0.409. The fraction of sp³-hybridized carbons (Fsp3) is 0.250. The summed E-state index contributed by atoms with van der Waals surface area (Å²) in [4.78, 5) is 29.2. The molecule has 2 heterocycles. The summed E-state index contributed by atoms with van der Waals surface area (Å²) in [5.41, 5.74) is 0.441. The Morgan fingerprint density at radius 1 is 1.00 bits per heavy atom. The monoisotopic (exact) mass is 311 g/mol. The van der Waals surface area contributed by atoms with Crippen LogP contribution in [0.3, 0.4) is 0 Å². The summed E-state index contributed by atoms with van der Waals surface area (Å²) in [5.74, 6) is 0.819. The van der Waals surface area contributed by atoms with E-state index in [0.717, 1.165) is 18.8 Å². The maximum atomic E-state index is 11.7. The second kappa shape index (κ2) is 6.87. The number of aromatic amines is 1. The number of rotatable bonds is 6. The van der Waals surface area contributed by atoms with Crippen LogP contribution < -0.4 is 11.2 Å². The highest BCUT2D eigenvalue weighted by atomic mass is 16.2. The lowest BCUT2D eigenvalue weighted by atomic mass is 10.1. The van der Waals surface area contributed by atoms with Gasteiger partial charge in [0.25, 0.3) is 5.56 Å². The number of aromatic nitrogens is 5. The number of hydrogen-bond acceptors (Lipinski definition) is 4. The van der Waals surface area contributed by atoms with Crippen molar-refractivity contribution in [3.05, 3.63) is 81.1 Å². The van der Waals surface area contributed by atoms with Crippen molar-refractivity contribution in [2.75, 3.05) is 0 Å². The van der Waals surface area contributed by atoms with Crippen LogP contribution in [0.1, 0.15) is 11.4 Å². The number of hydrogen-bond donors (Lipinski definition) is 1. The average Bonchev–Trinajstić information content (AvgIpc) is 3.00. The standard InChI is InChI=1S/C16H17N5O2/c22-15-8-10-20(16(23)19-15)9-7-14-17-12-18-21(14)11-6-13-4-2-1-3-5-13/h1-5,8,10,12H,6-7,9,11H2,(H,19,22,23). The predicted molar refractivity (Wildman–Crippen MR) is 85.2 cm³/mol. The first kappa shape index (κ1) is 15.0. The second-order valence-corrected chi connectivity index (χ2v) is 5.19. The normalized spacial score (nSPS) is 10.8. The van der Waals surface area contributed by atoms with Crippen LogP contribution in [0.25, 0.3) is 0 Å². The van der Waals surface area contributed by atoms with E-state index >= 15 is 0 Å². The molecule has 1 aromatic carbocycles. The molecule has 0 fully saturated rings. The summed E-state index contributed by atoms with van der Waals surface area (Å²) in [7, 11) is 0. The van der Waals surface area contributed by atoms with Gasteiger partial charge in [-0.25, -0.2) is 14.5 Å². The van der Waals surface area contributed by atoms with E-state index in [4.69, 9.17) is 0 Å². The molecule has 0 atom stereocenters. The first-order valence-corrected chi connectivity index (χ1v) is 7.43. The smallest absolute Gasteiger partial charge is 0.300 e. The Bertz CT molecular complexity index is 879. The maximum absolute atomic E-state index is 11.7. The second-order valence-electron chi connectivity index (χ2n) is 5.19. The van der Waals surface area contributed by atoms with Gasteiger partial charge in [0, 0.05) is 31.8 Å². The molecule has 23 heavy (non-hydrogen) atoms. The van der Waals surface area contributed by atoms with Crippen molar-refractivity contribution in [3.63, 3.8) is 0 Å². The van der Waals surface area contributed by atoms with E-state index < -0.39 is 11.2 Å². The minimum Gasteiger partial charge on any atom is -0.300 e. The molecular formula is C16H17N5O2. The number of benzene rings is 1. The van der Waals surface area contributed by atoms with E-state index in [9.17, 15) is 9.59 Å². The molecule has 0 spiro atoms. The van der Waals surface area contributed by atoms with Gasteiger partial charge >= 0.3 is 5.69 Å². The molecule has 0 aliphatic heterocycles. The molecule has 1 N–H and O–H groups in total. The highest BCUT2D eigenvalue weighted by Crippen LogP contribution is 2.03. The lowest BCUT2D eigenvalue weighted by molar-refractivity contribution is 0.548. The summed E-state index contributed by atoms with van der Waals surface area (Å²) in [6.07, 6.45) is 4.46. The SMILES string of the molecule is O=c1ccn(CCc2ncnn2CCc2ccccc2)c(=O)[nH]1. The Labute approximate surface area is 132 Å². The Morgan fingerprint density at radius 3 is 2.61 bits per heavy atom. The Kier molecular flexibility index (Phi) is 4.46. The minimum absolute atomic E-state index is 0.391. The van der Waals surface area contributed by atoms with Crippen LogP contribution in [0.5, 0.6) is 0 Å². The molecule has 0 unspecified atom stereocenters. The van der Waals surface area contributed by atoms with Crippen LogP contribution in [0, 0.1) is 0 Å². The Hall–Kier alpha value is -2.96. The third kappa shape index (κ3) is 3.82. The molecule has 0 aliphatic rings. The molecular weight excluding hydrogens is 294 g/mol. The molecule has 0 amide bonds. The van der Waals surface area contributed by atoms with Gasteiger partial charge in [0.15, 0.2) is 0 Å². The van der Waals surface area contributed by atoms with Gasteiger partial charge in [-0.2, -0.15) is 5.10 Å². The van der Waals surface area contributed by atoms with E-state index in [1.165, 1.54) is 28.7 Å². The molecule has 0 aliphatic carbocycles. The molecule has 7 nitrogen and oxygen atoms in total. The topological polar surface area (TPSA) is 85.6 Å². The van der Waals surface area contributed by atoms with Crippen molar-refractivity contribution < 1.29 is 0 Å². The van der Waals surface area contributed by atoms with Crippen LogP contribution in [0.2, 0.25) is 0 Å². The lowest BCUT2D eigenvalue weighted by Crippen LogP contribution is -2.29. The highest BCUT2D eigenvalue weighted by Gasteiger charge is 2.06. The van der Waals surface area contributed by atoms with Gasteiger partial charge in [0.05, 0.1) is 0 Å². The van der Waals surface area contributed by atoms with Gasteiger partial charge in [-0.05, 0) is 12.0 Å². The van der Waals surface area contributed by atoms with Crippen LogP contribution in [-0.2, 0) is 25.9 Å². The van der Waals surface area contributed by atoms with E-state index in [1.54, 1.807) is 0 Å². The first-order valence-electron chi connectivity index (χ1n) is 7.43. The zero-order valence-electron chi connectivity index (χ0n) is 12.6. The molecule has 0 saturated heterocycles. The van der Waals surface area contributed by atoms with Gasteiger partial charge in [0.2, 0.25) is 0 Å². The Morgan fingerprint density at radius 2 is 1.83 bits per heavy atom. The van der Waals surface area contributed by atoms with E-state index in [-0.39, 0.29) is 0 Å². The molecule has 7 heteroatoms. The van der Waals surface area contributed by atoms with Crippen molar-refractivity contribution in [1.29, 1.82) is 0 Å². The fourth-order valence-corrected chi connectivity index (χ4v) is 2.39. The summed E-state index contributed by atoms with van der Waals surface area (Å²) in [6, 6.07) is 11.5. The summed E-state index contributed by atoms with van der Waals surface area (Å²) >= 11 is 0. The van der Waals surface area contributed by atoms with Crippen LogP contribution in [0.15, 0.2) is 58.5 Å². The molecule has 0 saturated carbocycles.